The third-order valence-corrected chi connectivity index (χ3v) is 5.25. The van der Waals surface area contributed by atoms with E-state index in [0.29, 0.717) is 6.42 Å². The van der Waals surface area contributed by atoms with Gasteiger partial charge in [0.15, 0.2) is 6.17 Å². The average molecular weight is 390 g/mol. The molecule has 0 aromatic heterocycles. The highest BCUT2D eigenvalue weighted by Crippen LogP contribution is 2.47. The second-order valence-electron chi connectivity index (χ2n) is 8.75. The van der Waals surface area contributed by atoms with E-state index in [4.69, 9.17) is 9.29 Å². The zero-order valence-electron chi connectivity index (χ0n) is 15.8. The van der Waals surface area contributed by atoms with Crippen molar-refractivity contribution >= 4 is 16.1 Å². The van der Waals surface area contributed by atoms with Crippen LogP contribution in [0.3, 0.4) is 0 Å². The fraction of sp³-hybridized carbons (Fsp3) is 0.938. The monoisotopic (exact) mass is 390 g/mol. The zero-order valence-corrected chi connectivity index (χ0v) is 16.6. The van der Waals surface area contributed by atoms with Crippen LogP contribution in [-0.4, -0.2) is 37.0 Å². The first-order chi connectivity index (χ1) is 10.8. The minimum atomic E-state index is -5.88. The SMILES string of the molecule is CC(C)(C)CC(C)(C(=O)OCCC(F)C(F)(F)S(=O)(=O)O)C(C)(C)C. The molecule has 0 heterocycles. The summed E-state index contributed by atoms with van der Waals surface area (Å²) in [5.41, 5.74) is -1.69. The number of halogens is 3. The van der Waals surface area contributed by atoms with Gasteiger partial charge < -0.3 is 4.74 Å². The third kappa shape index (κ3) is 6.13. The lowest BCUT2D eigenvalue weighted by Gasteiger charge is -2.43. The van der Waals surface area contributed by atoms with Crippen molar-refractivity contribution in [2.24, 2.45) is 16.2 Å². The van der Waals surface area contributed by atoms with Crippen LogP contribution in [0.5, 0.6) is 0 Å². The Bertz CT molecular complexity index is 576. The largest absolute Gasteiger partial charge is 0.465 e. The topological polar surface area (TPSA) is 80.7 Å². The summed E-state index contributed by atoms with van der Waals surface area (Å²) in [4.78, 5) is 12.5. The summed E-state index contributed by atoms with van der Waals surface area (Å²) in [6.07, 6.45) is -3.78. The molecule has 0 bridgehead atoms. The number of esters is 1. The minimum absolute atomic E-state index is 0.221. The Balaban J connectivity index is 5.08. The van der Waals surface area contributed by atoms with E-state index in [2.05, 4.69) is 0 Å². The summed E-state index contributed by atoms with van der Waals surface area (Å²) in [6.45, 7) is 12.3. The van der Waals surface area contributed by atoms with Crippen LogP contribution in [0.15, 0.2) is 0 Å². The fourth-order valence-corrected chi connectivity index (χ4v) is 2.89. The molecule has 1 N–H and O–H groups in total. The second-order valence-corrected chi connectivity index (χ2v) is 10.2. The number of ether oxygens (including phenoxy) is 1. The van der Waals surface area contributed by atoms with E-state index in [9.17, 15) is 26.4 Å². The first-order valence-electron chi connectivity index (χ1n) is 7.92. The standard InChI is InChI=1S/C16H29F3O5S/c1-13(2,3)10-15(7,14(4,5)6)12(20)24-9-8-11(17)16(18,19)25(21,22)23/h11H,8-10H2,1-7H3,(H,21,22,23). The van der Waals surface area contributed by atoms with E-state index in [-0.39, 0.29) is 5.41 Å². The van der Waals surface area contributed by atoms with Crippen LogP contribution in [0.2, 0.25) is 0 Å². The molecule has 150 valence electrons. The molecule has 0 aliphatic carbocycles. The van der Waals surface area contributed by atoms with Gasteiger partial charge in [-0.3, -0.25) is 9.35 Å². The van der Waals surface area contributed by atoms with Crippen molar-refractivity contribution in [1.29, 1.82) is 0 Å². The van der Waals surface area contributed by atoms with Gasteiger partial charge in [0.2, 0.25) is 0 Å². The number of hydrogen-bond donors (Lipinski definition) is 1. The lowest BCUT2D eigenvalue weighted by molar-refractivity contribution is -0.165. The average Bonchev–Trinajstić information content (AvgIpc) is 2.33. The zero-order chi connectivity index (χ0) is 20.5. The van der Waals surface area contributed by atoms with Crippen LogP contribution in [0.4, 0.5) is 13.2 Å². The number of carbonyl (C=O) groups excluding carboxylic acids is 1. The predicted octanol–water partition coefficient (Wildman–Crippen LogP) is 4.23. The van der Waals surface area contributed by atoms with Crippen molar-refractivity contribution in [2.45, 2.75) is 72.7 Å². The highest BCUT2D eigenvalue weighted by Gasteiger charge is 2.53. The van der Waals surface area contributed by atoms with Crippen LogP contribution < -0.4 is 0 Å². The Morgan fingerprint density at radius 2 is 1.52 bits per heavy atom. The summed E-state index contributed by atoms with van der Waals surface area (Å²) in [5.74, 6) is -0.669. The maximum Gasteiger partial charge on any atom is 0.400 e. The van der Waals surface area contributed by atoms with Crippen molar-refractivity contribution in [3.8, 4) is 0 Å². The van der Waals surface area contributed by atoms with Gasteiger partial charge in [-0.2, -0.15) is 17.2 Å². The molecule has 5 nitrogen and oxygen atoms in total. The molecule has 25 heavy (non-hydrogen) atoms. The van der Waals surface area contributed by atoms with Crippen molar-refractivity contribution in [3.63, 3.8) is 0 Å². The first-order valence-corrected chi connectivity index (χ1v) is 9.36. The minimum Gasteiger partial charge on any atom is -0.465 e. The maximum atomic E-state index is 13.4. The molecular formula is C16H29F3O5S. The van der Waals surface area contributed by atoms with Gasteiger partial charge in [0.25, 0.3) is 0 Å². The summed E-state index contributed by atoms with van der Waals surface area (Å²) < 4.78 is 74.1. The maximum absolute atomic E-state index is 13.4. The fourth-order valence-electron chi connectivity index (χ4n) is 2.45. The molecule has 0 aromatic rings. The summed E-state index contributed by atoms with van der Waals surface area (Å²) in [6, 6.07) is 0. The van der Waals surface area contributed by atoms with Gasteiger partial charge in [0.1, 0.15) is 0 Å². The van der Waals surface area contributed by atoms with E-state index in [1.807, 2.05) is 41.5 Å². The van der Waals surface area contributed by atoms with Crippen LogP contribution >= 0.6 is 0 Å². The Labute approximate surface area is 148 Å². The molecule has 0 radical (unpaired) electrons. The van der Waals surface area contributed by atoms with Gasteiger partial charge in [0, 0.05) is 6.42 Å². The van der Waals surface area contributed by atoms with E-state index in [1.54, 1.807) is 6.92 Å². The number of hydrogen-bond acceptors (Lipinski definition) is 4. The smallest absolute Gasteiger partial charge is 0.400 e. The van der Waals surface area contributed by atoms with Crippen molar-refractivity contribution < 1.29 is 35.7 Å². The normalized spacial score (nSPS) is 17.7. The van der Waals surface area contributed by atoms with E-state index >= 15 is 0 Å². The number of carbonyl (C=O) groups is 1. The molecule has 0 aromatic carbocycles. The lowest BCUT2D eigenvalue weighted by Crippen LogP contribution is -2.45. The highest BCUT2D eigenvalue weighted by molar-refractivity contribution is 7.86. The molecule has 0 saturated heterocycles. The number of alkyl halides is 3. The molecule has 0 rings (SSSR count). The molecule has 2 unspecified atom stereocenters. The number of rotatable bonds is 7. The van der Waals surface area contributed by atoms with Gasteiger partial charge in [-0.1, -0.05) is 41.5 Å². The van der Waals surface area contributed by atoms with Crippen molar-refractivity contribution in [1.82, 2.24) is 0 Å². The molecule has 0 spiro atoms. The Morgan fingerprint density at radius 1 is 1.08 bits per heavy atom. The molecule has 0 amide bonds. The van der Waals surface area contributed by atoms with E-state index < -0.39 is 51.4 Å². The molecule has 0 saturated carbocycles. The summed E-state index contributed by atoms with van der Waals surface area (Å²) in [5, 5.41) is -4.95. The molecular weight excluding hydrogens is 361 g/mol. The second kappa shape index (κ2) is 7.42. The summed E-state index contributed by atoms with van der Waals surface area (Å²) in [7, 11) is -5.88. The third-order valence-electron chi connectivity index (χ3n) is 4.30. The Hall–Kier alpha value is -0.830. The quantitative estimate of drug-likeness (QED) is 0.520. The van der Waals surface area contributed by atoms with Crippen molar-refractivity contribution in [2.75, 3.05) is 6.61 Å². The Kier molecular flexibility index (Phi) is 7.18. The van der Waals surface area contributed by atoms with E-state index in [0.717, 1.165) is 0 Å². The van der Waals surface area contributed by atoms with Gasteiger partial charge in [-0.05, 0) is 24.2 Å². The van der Waals surface area contributed by atoms with Gasteiger partial charge in [-0.15, -0.1) is 0 Å². The van der Waals surface area contributed by atoms with Crippen molar-refractivity contribution in [3.05, 3.63) is 0 Å². The van der Waals surface area contributed by atoms with Crippen LogP contribution in [-0.2, 0) is 19.6 Å². The van der Waals surface area contributed by atoms with Gasteiger partial charge in [0.05, 0.1) is 12.0 Å². The summed E-state index contributed by atoms with van der Waals surface area (Å²) >= 11 is 0. The molecule has 0 fully saturated rings. The first kappa shape index (κ1) is 24.2. The predicted molar refractivity (Wildman–Crippen MR) is 88.6 cm³/mol. The van der Waals surface area contributed by atoms with E-state index in [1.165, 1.54) is 0 Å². The molecule has 2 atom stereocenters. The van der Waals surface area contributed by atoms with Gasteiger partial charge >= 0.3 is 21.3 Å². The van der Waals surface area contributed by atoms with Gasteiger partial charge in [-0.25, -0.2) is 4.39 Å². The lowest BCUT2D eigenvalue weighted by atomic mass is 9.61. The molecule has 0 aliphatic rings. The molecule has 9 heteroatoms. The molecule has 0 aliphatic heterocycles. The van der Waals surface area contributed by atoms with Crippen LogP contribution in [0.1, 0.15) is 61.3 Å². The van der Waals surface area contributed by atoms with Crippen LogP contribution in [0, 0.1) is 16.2 Å². The Morgan fingerprint density at radius 3 is 1.84 bits per heavy atom. The van der Waals surface area contributed by atoms with Crippen LogP contribution in [0.25, 0.3) is 0 Å². The highest BCUT2D eigenvalue weighted by atomic mass is 32.2.